The molecule has 3 atom stereocenters. The van der Waals surface area contributed by atoms with Gasteiger partial charge in [0.2, 0.25) is 11.8 Å². The molecule has 0 unspecified atom stereocenters. The highest BCUT2D eigenvalue weighted by atomic mass is 19.1. The Morgan fingerprint density at radius 2 is 1.68 bits per heavy atom. The first-order valence-corrected chi connectivity index (χ1v) is 12.2. The minimum absolute atomic E-state index is 0.0370. The molecule has 2 aliphatic rings. The van der Waals surface area contributed by atoms with Crippen molar-refractivity contribution >= 4 is 23.4 Å². The van der Waals surface area contributed by atoms with Gasteiger partial charge in [0.25, 0.3) is 5.91 Å². The van der Waals surface area contributed by atoms with E-state index in [2.05, 4.69) is 10.6 Å². The second-order valence-electron chi connectivity index (χ2n) is 9.25. The number of hydrogen-bond acceptors (Lipinski definition) is 3. The Balaban J connectivity index is 1.30. The molecule has 6 nitrogen and oxygen atoms in total. The fourth-order valence-corrected chi connectivity index (χ4v) is 4.54. The third-order valence-corrected chi connectivity index (χ3v) is 6.72. The highest BCUT2D eigenvalue weighted by Gasteiger charge is 2.46. The molecule has 1 saturated carbocycles. The molecule has 1 saturated heterocycles. The lowest BCUT2D eigenvalue weighted by Crippen LogP contribution is -2.43. The number of piperidine rings is 1. The summed E-state index contributed by atoms with van der Waals surface area (Å²) in [5.41, 5.74) is 2.37. The summed E-state index contributed by atoms with van der Waals surface area (Å²) in [6.07, 6.45) is 2.44. The van der Waals surface area contributed by atoms with E-state index in [0.29, 0.717) is 43.1 Å². The third kappa shape index (κ3) is 5.82. The third-order valence-electron chi connectivity index (χ3n) is 6.72. The molecule has 180 valence electrons. The summed E-state index contributed by atoms with van der Waals surface area (Å²) in [6.45, 7) is 3.29. The molecule has 0 spiro atoms. The summed E-state index contributed by atoms with van der Waals surface area (Å²) in [6, 6.07) is 16.0. The molecule has 0 bridgehead atoms. The van der Waals surface area contributed by atoms with Gasteiger partial charge in [-0.3, -0.25) is 14.4 Å². The summed E-state index contributed by atoms with van der Waals surface area (Å²) >= 11 is 0. The maximum atomic E-state index is 13.2. The first kappa shape index (κ1) is 23.9. The van der Waals surface area contributed by atoms with Gasteiger partial charge in [-0.05, 0) is 61.4 Å². The fourth-order valence-electron chi connectivity index (χ4n) is 4.54. The number of carbonyl (C=O) groups excluding carboxylic acids is 3. The van der Waals surface area contributed by atoms with Crippen molar-refractivity contribution in [1.82, 2.24) is 10.2 Å². The predicted molar refractivity (Wildman–Crippen MR) is 129 cm³/mol. The molecular formula is C27H32FN3O3. The summed E-state index contributed by atoms with van der Waals surface area (Å²) in [5.74, 6) is -0.610. The van der Waals surface area contributed by atoms with Crippen molar-refractivity contribution in [1.29, 1.82) is 0 Å². The minimum Gasteiger partial charge on any atom is -0.342 e. The van der Waals surface area contributed by atoms with Crippen LogP contribution >= 0.6 is 0 Å². The molecule has 1 heterocycles. The van der Waals surface area contributed by atoms with Crippen LogP contribution < -0.4 is 10.6 Å². The Morgan fingerprint density at radius 1 is 1.03 bits per heavy atom. The Bertz CT molecular complexity index is 1000. The van der Waals surface area contributed by atoms with E-state index < -0.39 is 18.1 Å². The molecule has 0 radical (unpaired) electrons. The molecule has 1 aliphatic carbocycles. The van der Waals surface area contributed by atoms with Crippen LogP contribution in [-0.2, 0) is 9.59 Å². The highest BCUT2D eigenvalue weighted by Crippen LogP contribution is 2.37. The number of halogens is 1. The van der Waals surface area contributed by atoms with Crippen LogP contribution in [0.15, 0.2) is 54.6 Å². The number of likely N-dealkylation sites (tertiary alicyclic amines) is 1. The number of rotatable bonds is 8. The SMILES string of the molecule is CCC[C@H](NC(=O)c1ccccc1)C(=O)Nc1ccc(C2CCN(C(=O)[C@H]3C[C@@H]3F)CC2)cc1. The monoisotopic (exact) mass is 465 g/mol. The normalized spacial score (nSPS) is 20.9. The zero-order valence-electron chi connectivity index (χ0n) is 19.5. The number of carbonyl (C=O) groups is 3. The van der Waals surface area contributed by atoms with Crippen LogP contribution in [0, 0.1) is 5.92 Å². The van der Waals surface area contributed by atoms with Crippen LogP contribution in [0.5, 0.6) is 0 Å². The Hall–Kier alpha value is -3.22. The molecule has 34 heavy (non-hydrogen) atoms. The van der Waals surface area contributed by atoms with Gasteiger partial charge in [0.1, 0.15) is 12.2 Å². The lowest BCUT2D eigenvalue weighted by molar-refractivity contribution is -0.134. The van der Waals surface area contributed by atoms with Gasteiger partial charge in [-0.2, -0.15) is 0 Å². The standard InChI is InChI=1S/C27H32FN3O3/c1-2-6-24(30-25(32)20-7-4-3-5-8-20)26(33)29-21-11-9-18(10-12-21)19-13-15-31(16-14-19)27(34)22-17-23(22)28/h3-5,7-12,19,22-24H,2,6,13-17H2,1H3,(H,29,33)(H,30,32)/t22-,23-,24-/m0/s1. The van der Waals surface area contributed by atoms with Gasteiger partial charge >= 0.3 is 0 Å². The van der Waals surface area contributed by atoms with Crippen molar-refractivity contribution in [2.75, 3.05) is 18.4 Å². The van der Waals surface area contributed by atoms with Crippen molar-refractivity contribution in [3.05, 3.63) is 65.7 Å². The molecule has 3 amide bonds. The van der Waals surface area contributed by atoms with Crippen LogP contribution in [0.4, 0.5) is 10.1 Å². The average Bonchev–Trinajstić information content (AvgIpc) is 3.60. The number of nitrogens with one attached hydrogen (secondary N) is 2. The van der Waals surface area contributed by atoms with Crippen LogP contribution in [0.3, 0.4) is 0 Å². The zero-order chi connectivity index (χ0) is 24.1. The van der Waals surface area contributed by atoms with Gasteiger partial charge in [-0.1, -0.05) is 43.7 Å². The molecule has 7 heteroatoms. The number of amides is 3. The van der Waals surface area contributed by atoms with Crippen molar-refractivity contribution in [3.63, 3.8) is 0 Å². The van der Waals surface area contributed by atoms with E-state index >= 15 is 0 Å². The number of benzene rings is 2. The summed E-state index contributed by atoms with van der Waals surface area (Å²) < 4.78 is 13.2. The molecule has 4 rings (SSSR count). The quantitative estimate of drug-likeness (QED) is 0.611. The summed E-state index contributed by atoms with van der Waals surface area (Å²) in [5, 5.41) is 5.76. The molecule has 2 fully saturated rings. The first-order chi connectivity index (χ1) is 16.5. The number of alkyl halides is 1. The van der Waals surface area contributed by atoms with Gasteiger partial charge in [0.15, 0.2) is 0 Å². The molecule has 2 aromatic rings. The van der Waals surface area contributed by atoms with E-state index in [1.165, 1.54) is 5.56 Å². The fraction of sp³-hybridized carbons (Fsp3) is 0.444. The van der Waals surface area contributed by atoms with E-state index in [-0.39, 0.29) is 17.7 Å². The maximum absolute atomic E-state index is 13.2. The summed E-state index contributed by atoms with van der Waals surface area (Å²) in [7, 11) is 0. The van der Waals surface area contributed by atoms with Crippen LogP contribution in [0.1, 0.15) is 60.9 Å². The minimum atomic E-state index is -0.948. The molecular weight excluding hydrogens is 433 g/mol. The summed E-state index contributed by atoms with van der Waals surface area (Å²) in [4.78, 5) is 39.4. The van der Waals surface area contributed by atoms with Gasteiger partial charge in [0.05, 0.1) is 5.92 Å². The smallest absolute Gasteiger partial charge is 0.251 e. The maximum Gasteiger partial charge on any atom is 0.251 e. The topological polar surface area (TPSA) is 78.5 Å². The lowest BCUT2D eigenvalue weighted by atomic mass is 9.89. The van der Waals surface area contributed by atoms with Crippen molar-refractivity contribution in [2.24, 2.45) is 5.92 Å². The second kappa shape index (κ2) is 10.8. The molecule has 2 N–H and O–H groups in total. The lowest BCUT2D eigenvalue weighted by Gasteiger charge is -2.32. The van der Waals surface area contributed by atoms with E-state index in [1.807, 2.05) is 37.3 Å². The second-order valence-corrected chi connectivity index (χ2v) is 9.25. The average molecular weight is 466 g/mol. The number of anilines is 1. The Kier molecular flexibility index (Phi) is 7.60. The van der Waals surface area contributed by atoms with E-state index in [0.717, 1.165) is 19.3 Å². The van der Waals surface area contributed by atoms with Crippen molar-refractivity contribution in [3.8, 4) is 0 Å². The van der Waals surface area contributed by atoms with E-state index in [1.54, 1.807) is 29.2 Å². The largest absolute Gasteiger partial charge is 0.342 e. The van der Waals surface area contributed by atoms with Gasteiger partial charge in [-0.15, -0.1) is 0 Å². The van der Waals surface area contributed by atoms with Gasteiger partial charge in [-0.25, -0.2) is 4.39 Å². The molecule has 2 aromatic carbocycles. The number of hydrogen-bond donors (Lipinski definition) is 2. The highest BCUT2D eigenvalue weighted by molar-refractivity contribution is 6.01. The van der Waals surface area contributed by atoms with E-state index in [4.69, 9.17) is 0 Å². The Morgan fingerprint density at radius 3 is 2.26 bits per heavy atom. The van der Waals surface area contributed by atoms with Crippen molar-refractivity contribution in [2.45, 2.75) is 57.2 Å². The Labute approximate surface area is 199 Å². The van der Waals surface area contributed by atoms with Crippen LogP contribution in [0.2, 0.25) is 0 Å². The molecule has 0 aromatic heterocycles. The van der Waals surface area contributed by atoms with Gasteiger partial charge in [0, 0.05) is 24.3 Å². The van der Waals surface area contributed by atoms with E-state index in [9.17, 15) is 18.8 Å². The van der Waals surface area contributed by atoms with Crippen LogP contribution in [-0.4, -0.2) is 47.9 Å². The number of nitrogens with zero attached hydrogens (tertiary/aromatic N) is 1. The predicted octanol–water partition coefficient (Wildman–Crippen LogP) is 4.29. The van der Waals surface area contributed by atoms with Crippen LogP contribution in [0.25, 0.3) is 0 Å². The first-order valence-electron chi connectivity index (χ1n) is 12.2. The van der Waals surface area contributed by atoms with Gasteiger partial charge < -0.3 is 15.5 Å². The van der Waals surface area contributed by atoms with Crippen molar-refractivity contribution < 1.29 is 18.8 Å². The molecule has 1 aliphatic heterocycles. The zero-order valence-corrected chi connectivity index (χ0v) is 19.5.